The molecule has 0 aliphatic heterocycles. The summed E-state index contributed by atoms with van der Waals surface area (Å²) in [5.41, 5.74) is 1.68. The highest BCUT2D eigenvalue weighted by atomic mass is 35.5. The zero-order valence-corrected chi connectivity index (χ0v) is 14.1. The molecular formula is C18H15ClF2N2O2. The Hall–Kier alpha value is -2.47. The van der Waals surface area contributed by atoms with Gasteiger partial charge in [0.1, 0.15) is 11.3 Å². The summed E-state index contributed by atoms with van der Waals surface area (Å²) in [6.45, 7) is 0.829. The Morgan fingerprint density at radius 1 is 1.24 bits per heavy atom. The Morgan fingerprint density at radius 3 is 2.64 bits per heavy atom. The molecule has 1 N–H and O–H groups in total. The van der Waals surface area contributed by atoms with Crippen molar-refractivity contribution in [2.75, 3.05) is 0 Å². The van der Waals surface area contributed by atoms with E-state index in [1.165, 1.54) is 28.8 Å². The fraction of sp³-hybridized carbons (Fsp3) is 0.222. The smallest absolute Gasteiger partial charge is 0.353 e. The topological polar surface area (TPSA) is 54.6 Å². The van der Waals surface area contributed by atoms with Crippen molar-refractivity contribution in [1.82, 2.24) is 9.38 Å². The van der Waals surface area contributed by atoms with Crippen LogP contribution in [0.5, 0.6) is 0 Å². The number of alkyl halides is 2. The first kappa shape index (κ1) is 17.4. The van der Waals surface area contributed by atoms with Gasteiger partial charge in [-0.05, 0) is 42.2 Å². The van der Waals surface area contributed by atoms with Gasteiger partial charge in [-0.25, -0.2) is 18.6 Å². The van der Waals surface area contributed by atoms with Crippen LogP contribution in [-0.2, 0) is 18.8 Å². The molecule has 2 aromatic heterocycles. The number of aryl methyl sites for hydroxylation is 2. The van der Waals surface area contributed by atoms with Crippen molar-refractivity contribution in [1.29, 1.82) is 0 Å². The molecule has 3 rings (SSSR count). The third-order valence-corrected chi connectivity index (χ3v) is 4.44. The van der Waals surface area contributed by atoms with E-state index in [0.717, 1.165) is 6.92 Å². The molecule has 3 aromatic rings. The molecule has 2 heterocycles. The fourth-order valence-electron chi connectivity index (χ4n) is 2.79. The van der Waals surface area contributed by atoms with Crippen LogP contribution in [0, 0.1) is 0 Å². The molecule has 25 heavy (non-hydrogen) atoms. The number of benzene rings is 1. The quantitative estimate of drug-likeness (QED) is 0.720. The van der Waals surface area contributed by atoms with Crippen molar-refractivity contribution < 1.29 is 18.7 Å². The molecule has 7 heteroatoms. The van der Waals surface area contributed by atoms with Crippen LogP contribution in [0.3, 0.4) is 0 Å². The highest BCUT2D eigenvalue weighted by Crippen LogP contribution is 2.30. The summed E-state index contributed by atoms with van der Waals surface area (Å²) in [6, 6.07) is 7.53. The molecule has 0 fully saturated rings. The van der Waals surface area contributed by atoms with Gasteiger partial charge < -0.3 is 5.11 Å². The summed E-state index contributed by atoms with van der Waals surface area (Å²) in [5.74, 6) is -4.03. The lowest BCUT2D eigenvalue weighted by Gasteiger charge is -2.14. The van der Waals surface area contributed by atoms with Gasteiger partial charge in [0.05, 0.1) is 0 Å². The lowest BCUT2D eigenvalue weighted by atomic mass is 9.99. The molecule has 0 atom stereocenters. The van der Waals surface area contributed by atoms with Crippen molar-refractivity contribution in [2.45, 2.75) is 25.7 Å². The number of pyridine rings is 1. The summed E-state index contributed by atoms with van der Waals surface area (Å²) in [5, 5.41) is 9.89. The molecule has 0 saturated heterocycles. The molecular weight excluding hydrogens is 350 g/mol. The highest BCUT2D eigenvalue weighted by molar-refractivity contribution is 6.31. The predicted octanol–water partition coefficient (Wildman–Crippen LogP) is 4.58. The normalized spacial score (nSPS) is 11.8. The van der Waals surface area contributed by atoms with Gasteiger partial charge in [0.15, 0.2) is 0 Å². The van der Waals surface area contributed by atoms with E-state index in [4.69, 9.17) is 11.6 Å². The average Bonchev–Trinajstić information content (AvgIpc) is 3.00. The summed E-state index contributed by atoms with van der Waals surface area (Å²) in [7, 11) is 0. The van der Waals surface area contributed by atoms with E-state index in [2.05, 4.69) is 4.98 Å². The number of halogens is 3. The number of nitrogens with zero attached hydrogens (tertiary/aromatic N) is 2. The third kappa shape index (κ3) is 3.49. The van der Waals surface area contributed by atoms with Crippen LogP contribution in [0.1, 0.15) is 34.1 Å². The molecule has 1 aromatic carbocycles. The maximum absolute atomic E-state index is 13.5. The van der Waals surface area contributed by atoms with Crippen molar-refractivity contribution in [3.8, 4) is 0 Å². The first-order valence-corrected chi connectivity index (χ1v) is 8.00. The summed E-state index contributed by atoms with van der Waals surface area (Å²) < 4.78 is 28.5. The number of carboxylic acids is 1. The van der Waals surface area contributed by atoms with Crippen molar-refractivity contribution in [3.05, 3.63) is 70.1 Å². The number of hydrogen-bond acceptors (Lipinski definition) is 2. The Kier molecular flexibility index (Phi) is 4.47. The maximum atomic E-state index is 13.5. The zero-order chi connectivity index (χ0) is 18.2. The van der Waals surface area contributed by atoms with Crippen LogP contribution in [0.25, 0.3) is 5.65 Å². The number of imidazole rings is 1. The molecule has 0 amide bonds. The van der Waals surface area contributed by atoms with Crippen LogP contribution in [0.15, 0.2) is 42.7 Å². The van der Waals surface area contributed by atoms with Gasteiger partial charge in [0.25, 0.3) is 5.92 Å². The second-order valence-corrected chi connectivity index (χ2v) is 6.27. The standard InChI is InChI=1S/C18H15ClF2N2O2/c1-18(20,21)13-5-6-14(19)12(10-13)3-2-11-4-7-15-22-8-9-23(15)16(11)17(24)25/h4-10H,2-3H2,1H3,(H,24,25). The SMILES string of the molecule is CC(F)(F)c1ccc(Cl)c(CCc2ccc3nccn3c2C(=O)O)c1. The first-order chi connectivity index (χ1) is 11.8. The van der Waals surface area contributed by atoms with E-state index >= 15 is 0 Å². The lowest BCUT2D eigenvalue weighted by molar-refractivity contribution is 0.0174. The molecule has 0 saturated carbocycles. The van der Waals surface area contributed by atoms with E-state index in [-0.39, 0.29) is 11.3 Å². The van der Waals surface area contributed by atoms with Gasteiger partial charge in [0, 0.05) is 29.9 Å². The van der Waals surface area contributed by atoms with Gasteiger partial charge in [-0.1, -0.05) is 23.7 Å². The van der Waals surface area contributed by atoms with E-state index in [9.17, 15) is 18.7 Å². The number of carbonyl (C=O) groups is 1. The Morgan fingerprint density at radius 2 is 1.96 bits per heavy atom. The largest absolute Gasteiger partial charge is 0.477 e. The summed E-state index contributed by atoms with van der Waals surface area (Å²) in [6.07, 6.45) is 3.81. The summed E-state index contributed by atoms with van der Waals surface area (Å²) >= 11 is 6.12. The van der Waals surface area contributed by atoms with Crippen LogP contribution in [0.2, 0.25) is 5.02 Å². The molecule has 0 radical (unpaired) electrons. The fourth-order valence-corrected chi connectivity index (χ4v) is 3.00. The molecule has 0 aliphatic carbocycles. The van der Waals surface area contributed by atoms with Gasteiger partial charge in [-0.15, -0.1) is 0 Å². The van der Waals surface area contributed by atoms with E-state index < -0.39 is 11.9 Å². The minimum absolute atomic E-state index is 0.114. The van der Waals surface area contributed by atoms with E-state index in [1.54, 1.807) is 18.3 Å². The molecule has 0 aliphatic rings. The number of rotatable bonds is 5. The molecule has 0 unspecified atom stereocenters. The number of aromatic carboxylic acids is 1. The molecule has 0 bridgehead atoms. The lowest BCUT2D eigenvalue weighted by Crippen LogP contribution is -2.11. The first-order valence-electron chi connectivity index (χ1n) is 7.62. The number of carboxylic acid groups (broad SMARTS) is 1. The second kappa shape index (κ2) is 6.44. The molecule has 0 spiro atoms. The zero-order valence-electron chi connectivity index (χ0n) is 13.3. The van der Waals surface area contributed by atoms with Gasteiger partial charge in [-0.3, -0.25) is 4.40 Å². The van der Waals surface area contributed by atoms with E-state index in [1.807, 2.05) is 0 Å². The minimum Gasteiger partial charge on any atom is -0.477 e. The van der Waals surface area contributed by atoms with Gasteiger partial charge in [-0.2, -0.15) is 0 Å². The van der Waals surface area contributed by atoms with Crippen LogP contribution in [-0.4, -0.2) is 20.5 Å². The highest BCUT2D eigenvalue weighted by Gasteiger charge is 2.25. The third-order valence-electron chi connectivity index (χ3n) is 4.07. The number of fused-ring (bicyclic) bond motifs is 1. The minimum atomic E-state index is -2.96. The van der Waals surface area contributed by atoms with Crippen molar-refractivity contribution in [2.24, 2.45) is 0 Å². The van der Waals surface area contributed by atoms with Crippen LogP contribution >= 0.6 is 11.6 Å². The number of aromatic nitrogens is 2. The number of hydrogen-bond donors (Lipinski definition) is 1. The molecule has 130 valence electrons. The van der Waals surface area contributed by atoms with Gasteiger partial charge in [0.2, 0.25) is 0 Å². The average molecular weight is 365 g/mol. The predicted molar refractivity (Wildman–Crippen MR) is 90.6 cm³/mol. The van der Waals surface area contributed by atoms with Crippen LogP contribution < -0.4 is 0 Å². The summed E-state index contributed by atoms with van der Waals surface area (Å²) in [4.78, 5) is 15.7. The second-order valence-electron chi connectivity index (χ2n) is 5.86. The molecule has 4 nitrogen and oxygen atoms in total. The van der Waals surface area contributed by atoms with Crippen molar-refractivity contribution in [3.63, 3.8) is 0 Å². The van der Waals surface area contributed by atoms with E-state index in [0.29, 0.717) is 34.6 Å². The Labute approximate surface area is 147 Å². The Bertz CT molecular complexity index is 948. The van der Waals surface area contributed by atoms with Crippen LogP contribution in [0.4, 0.5) is 8.78 Å². The van der Waals surface area contributed by atoms with Gasteiger partial charge >= 0.3 is 5.97 Å². The van der Waals surface area contributed by atoms with Crippen molar-refractivity contribution >= 4 is 23.2 Å². The Balaban J connectivity index is 1.93. The maximum Gasteiger partial charge on any atom is 0.353 e. The monoisotopic (exact) mass is 364 g/mol.